The zero-order valence-corrected chi connectivity index (χ0v) is 20.9. The van der Waals surface area contributed by atoms with Crippen LogP contribution < -0.4 is 4.74 Å². The summed E-state index contributed by atoms with van der Waals surface area (Å²) in [5.41, 5.74) is -3.84. The molecule has 0 aliphatic carbocycles. The van der Waals surface area contributed by atoms with Crippen LogP contribution in [0.3, 0.4) is 0 Å². The van der Waals surface area contributed by atoms with Crippen molar-refractivity contribution in [3.8, 4) is 17.9 Å². The summed E-state index contributed by atoms with van der Waals surface area (Å²) < 4.78 is 22.6. The standard InChI is InChI=1S/C27H23ClN2O7/c1-3-34-24(32)27(25(33)35-4-2)23-20(21(31)18-12-17(28)10-11-19(18)36-23)22(37-27)26(14-29,15-30)13-16-8-6-5-7-9-16/h5-12,20,22-23H,3-4,13H2,1-2H3/t20-,22+,23-/m0/s1. The number of hydrogen-bond donors (Lipinski definition) is 0. The number of carbonyl (C=O) groups excluding carboxylic acids is 3. The topological polar surface area (TPSA) is 136 Å². The Bertz CT molecular complexity index is 1280. The predicted octanol–water partition coefficient (Wildman–Crippen LogP) is 3.44. The number of nitrogens with zero attached hydrogens (tertiary/aromatic N) is 2. The van der Waals surface area contributed by atoms with Crippen LogP contribution in [0.25, 0.3) is 0 Å². The van der Waals surface area contributed by atoms with Gasteiger partial charge in [-0.15, -0.1) is 0 Å². The molecule has 0 N–H and O–H groups in total. The minimum Gasteiger partial charge on any atom is -0.484 e. The maximum Gasteiger partial charge on any atom is 0.354 e. The monoisotopic (exact) mass is 522 g/mol. The van der Waals surface area contributed by atoms with Gasteiger partial charge in [0.15, 0.2) is 17.3 Å². The molecule has 190 valence electrons. The zero-order valence-electron chi connectivity index (χ0n) is 20.1. The Morgan fingerprint density at radius 2 is 1.68 bits per heavy atom. The third-order valence-electron chi connectivity index (χ3n) is 6.50. The van der Waals surface area contributed by atoms with Crippen LogP contribution in [-0.4, -0.2) is 48.7 Å². The molecule has 1 saturated heterocycles. The maximum atomic E-state index is 13.9. The van der Waals surface area contributed by atoms with Crippen molar-refractivity contribution < 1.29 is 33.3 Å². The van der Waals surface area contributed by atoms with Crippen molar-refractivity contribution in [3.05, 3.63) is 64.7 Å². The molecule has 2 aromatic carbocycles. The highest BCUT2D eigenvalue weighted by atomic mass is 35.5. The number of esters is 2. The summed E-state index contributed by atoms with van der Waals surface area (Å²) in [4.78, 5) is 40.7. The van der Waals surface area contributed by atoms with Crippen LogP contribution >= 0.6 is 11.6 Å². The SMILES string of the molecule is CCOC(=O)C1(C(=O)OCC)O[C@@H](C(C#N)(C#N)Cc2ccccc2)[C@@H]2C(=O)c3cc(Cl)ccc3O[C@@H]21. The number of hydrogen-bond acceptors (Lipinski definition) is 9. The second-order valence-electron chi connectivity index (χ2n) is 8.64. The van der Waals surface area contributed by atoms with Crippen LogP contribution in [0.2, 0.25) is 5.02 Å². The van der Waals surface area contributed by atoms with Crippen LogP contribution in [0.15, 0.2) is 48.5 Å². The molecule has 0 radical (unpaired) electrons. The van der Waals surface area contributed by atoms with Crippen molar-refractivity contribution in [3.63, 3.8) is 0 Å². The van der Waals surface area contributed by atoms with Crippen molar-refractivity contribution in [2.24, 2.45) is 11.3 Å². The molecule has 2 aromatic rings. The van der Waals surface area contributed by atoms with E-state index < -0.39 is 46.9 Å². The Labute approximate surface area is 218 Å². The number of ether oxygens (including phenoxy) is 4. The van der Waals surface area contributed by atoms with Gasteiger partial charge < -0.3 is 18.9 Å². The van der Waals surface area contributed by atoms with Gasteiger partial charge in [-0.1, -0.05) is 41.9 Å². The van der Waals surface area contributed by atoms with E-state index in [9.17, 15) is 24.9 Å². The van der Waals surface area contributed by atoms with E-state index in [-0.39, 0.29) is 36.0 Å². The number of benzene rings is 2. The number of halogens is 1. The summed E-state index contributed by atoms with van der Waals surface area (Å²) in [5.74, 6) is -4.19. The van der Waals surface area contributed by atoms with Gasteiger partial charge in [-0.25, -0.2) is 9.59 Å². The first-order valence-corrected chi connectivity index (χ1v) is 12.0. The number of rotatable bonds is 7. The van der Waals surface area contributed by atoms with Crippen molar-refractivity contribution in [2.75, 3.05) is 13.2 Å². The highest BCUT2D eigenvalue weighted by Crippen LogP contribution is 2.51. The van der Waals surface area contributed by atoms with Crippen LogP contribution in [0.1, 0.15) is 29.8 Å². The van der Waals surface area contributed by atoms with Crippen molar-refractivity contribution in [1.82, 2.24) is 0 Å². The van der Waals surface area contributed by atoms with Gasteiger partial charge in [0.1, 0.15) is 11.9 Å². The first-order chi connectivity index (χ1) is 17.8. The molecule has 9 nitrogen and oxygen atoms in total. The molecular weight excluding hydrogens is 500 g/mol. The molecule has 0 aromatic heterocycles. The minimum absolute atomic E-state index is 0.0699. The lowest BCUT2D eigenvalue weighted by molar-refractivity contribution is -0.197. The summed E-state index contributed by atoms with van der Waals surface area (Å²) in [6, 6.07) is 17.0. The number of fused-ring (bicyclic) bond motifs is 2. The van der Waals surface area contributed by atoms with Gasteiger partial charge in [-0.2, -0.15) is 10.5 Å². The van der Waals surface area contributed by atoms with Crippen molar-refractivity contribution in [1.29, 1.82) is 10.5 Å². The number of ketones is 1. The summed E-state index contributed by atoms with van der Waals surface area (Å²) >= 11 is 6.12. The van der Waals surface area contributed by atoms with Crippen molar-refractivity contribution in [2.45, 2.75) is 38.1 Å². The molecular formula is C27H23ClN2O7. The highest BCUT2D eigenvalue weighted by Gasteiger charge is 2.74. The van der Waals surface area contributed by atoms with E-state index in [4.69, 9.17) is 30.5 Å². The first-order valence-electron chi connectivity index (χ1n) is 11.7. The van der Waals surface area contributed by atoms with Gasteiger partial charge in [0, 0.05) is 11.4 Å². The predicted molar refractivity (Wildman–Crippen MR) is 128 cm³/mol. The average Bonchev–Trinajstić information content (AvgIpc) is 3.26. The Morgan fingerprint density at radius 3 is 2.24 bits per heavy atom. The third kappa shape index (κ3) is 4.21. The number of nitriles is 2. The fraction of sp³-hybridized carbons (Fsp3) is 0.370. The summed E-state index contributed by atoms with van der Waals surface area (Å²) in [6.45, 7) is 2.85. The third-order valence-corrected chi connectivity index (χ3v) is 6.73. The number of Topliss-reactive ketones (excluding diaryl/α,β-unsaturated/α-hetero) is 1. The largest absolute Gasteiger partial charge is 0.484 e. The van der Waals surface area contributed by atoms with E-state index in [1.807, 2.05) is 12.1 Å². The van der Waals surface area contributed by atoms with Gasteiger partial charge in [-0.05, 0) is 37.6 Å². The quantitative estimate of drug-likeness (QED) is 0.395. The van der Waals surface area contributed by atoms with Gasteiger partial charge in [0.25, 0.3) is 0 Å². The van der Waals surface area contributed by atoms with E-state index in [1.165, 1.54) is 32.0 Å². The Kier molecular flexibility index (Phi) is 7.22. The molecule has 0 spiro atoms. The molecule has 2 aliphatic rings. The Hall–Kier alpha value is -3.92. The minimum atomic E-state index is -2.55. The Balaban J connectivity index is 1.95. The average molecular weight is 523 g/mol. The molecule has 3 atom stereocenters. The summed E-state index contributed by atoms with van der Waals surface area (Å²) in [6.07, 6.45) is -3.26. The number of carbonyl (C=O) groups is 3. The smallest absolute Gasteiger partial charge is 0.354 e. The Morgan fingerprint density at radius 1 is 1.05 bits per heavy atom. The van der Waals surface area contributed by atoms with Crippen molar-refractivity contribution >= 4 is 29.3 Å². The second-order valence-corrected chi connectivity index (χ2v) is 9.08. The summed E-state index contributed by atoms with van der Waals surface area (Å²) in [7, 11) is 0. The molecule has 1 fully saturated rings. The lowest BCUT2D eigenvalue weighted by Gasteiger charge is -2.34. The van der Waals surface area contributed by atoms with E-state index in [0.29, 0.717) is 5.56 Å². The van der Waals surface area contributed by atoms with Crippen LogP contribution in [-0.2, 0) is 30.2 Å². The van der Waals surface area contributed by atoms with Crippen LogP contribution in [0.4, 0.5) is 0 Å². The molecule has 2 heterocycles. The van der Waals surface area contributed by atoms with Gasteiger partial charge in [0.2, 0.25) is 0 Å². The second kappa shape index (κ2) is 10.2. The molecule has 0 saturated carbocycles. The fourth-order valence-electron chi connectivity index (χ4n) is 4.84. The van der Waals surface area contributed by atoms with Gasteiger partial charge in [0.05, 0.1) is 36.8 Å². The lowest BCUT2D eigenvalue weighted by Crippen LogP contribution is -2.60. The van der Waals surface area contributed by atoms with Gasteiger partial charge >= 0.3 is 17.5 Å². The highest BCUT2D eigenvalue weighted by molar-refractivity contribution is 6.31. The molecule has 2 aliphatic heterocycles. The van der Waals surface area contributed by atoms with E-state index >= 15 is 0 Å². The summed E-state index contributed by atoms with van der Waals surface area (Å²) in [5, 5.41) is 20.9. The van der Waals surface area contributed by atoms with E-state index in [0.717, 1.165) is 0 Å². The molecule has 0 unspecified atom stereocenters. The molecule has 0 bridgehead atoms. The van der Waals surface area contributed by atoms with Crippen LogP contribution in [0, 0.1) is 34.0 Å². The fourth-order valence-corrected chi connectivity index (χ4v) is 5.01. The normalized spacial score (nSPS) is 21.4. The molecule has 4 rings (SSSR count). The van der Waals surface area contributed by atoms with E-state index in [1.54, 1.807) is 30.3 Å². The lowest BCUT2D eigenvalue weighted by atomic mass is 9.70. The van der Waals surface area contributed by atoms with Crippen LogP contribution in [0.5, 0.6) is 5.75 Å². The first kappa shape index (κ1) is 26.2. The zero-order chi connectivity index (χ0) is 26.8. The van der Waals surface area contributed by atoms with E-state index in [2.05, 4.69) is 0 Å². The molecule has 37 heavy (non-hydrogen) atoms. The van der Waals surface area contributed by atoms with Gasteiger partial charge in [-0.3, -0.25) is 4.79 Å². The maximum absolute atomic E-state index is 13.9. The molecule has 10 heteroatoms. The molecule has 0 amide bonds.